The van der Waals surface area contributed by atoms with Gasteiger partial charge in [0, 0.05) is 12.1 Å². The Morgan fingerprint density at radius 1 is 1.10 bits per heavy atom. The Bertz CT molecular complexity index is 605. The third-order valence-electron chi connectivity index (χ3n) is 3.64. The fourth-order valence-electron chi connectivity index (χ4n) is 2.71. The highest BCUT2D eigenvalue weighted by Gasteiger charge is 2.10. The predicted molar refractivity (Wildman–Crippen MR) is 89.9 cm³/mol. The van der Waals surface area contributed by atoms with Crippen LogP contribution in [0.3, 0.4) is 0 Å². The van der Waals surface area contributed by atoms with Crippen LogP contribution in [0.25, 0.3) is 11.1 Å². The molecule has 0 amide bonds. The number of hydrogen-bond donors (Lipinski definition) is 1. The molecule has 0 saturated carbocycles. The monoisotopic (exact) mass is 283 g/mol. The molecule has 0 aliphatic carbocycles. The maximum absolute atomic E-state index is 5.58. The Labute approximate surface area is 128 Å². The normalized spacial score (nSPS) is 10.7. The minimum absolute atomic E-state index is 0.912. The van der Waals surface area contributed by atoms with Crippen molar-refractivity contribution in [2.24, 2.45) is 0 Å². The Morgan fingerprint density at radius 3 is 2.62 bits per heavy atom. The van der Waals surface area contributed by atoms with Gasteiger partial charge in [0.1, 0.15) is 5.75 Å². The lowest BCUT2D eigenvalue weighted by Crippen LogP contribution is -2.13. The minimum atomic E-state index is 0.912. The maximum atomic E-state index is 5.58. The second kappa shape index (κ2) is 7.28. The highest BCUT2D eigenvalue weighted by molar-refractivity contribution is 5.75. The molecule has 21 heavy (non-hydrogen) atoms. The molecule has 0 aliphatic rings. The number of nitrogens with one attached hydrogen (secondary N) is 1. The van der Waals surface area contributed by atoms with Gasteiger partial charge in [-0.05, 0) is 61.2 Å². The molecule has 2 aromatic carbocycles. The molecule has 0 fully saturated rings. The Balaban J connectivity index is 2.36. The van der Waals surface area contributed by atoms with Crippen molar-refractivity contribution in [3.05, 3.63) is 53.1 Å². The fourth-order valence-corrected chi connectivity index (χ4v) is 2.71. The predicted octanol–water partition coefficient (Wildman–Crippen LogP) is 4.48. The van der Waals surface area contributed by atoms with Gasteiger partial charge in [0.2, 0.25) is 0 Å². The van der Waals surface area contributed by atoms with Gasteiger partial charge in [0.15, 0.2) is 0 Å². The van der Waals surface area contributed by atoms with Gasteiger partial charge in [0.25, 0.3) is 0 Å². The number of benzene rings is 2. The van der Waals surface area contributed by atoms with E-state index in [-0.39, 0.29) is 0 Å². The molecular weight excluding hydrogens is 258 g/mol. The van der Waals surface area contributed by atoms with Gasteiger partial charge in [-0.1, -0.05) is 31.2 Å². The second-order valence-corrected chi connectivity index (χ2v) is 5.54. The zero-order valence-electron chi connectivity index (χ0n) is 13.5. The average Bonchev–Trinajstić information content (AvgIpc) is 2.47. The van der Waals surface area contributed by atoms with Crippen LogP contribution in [0.5, 0.6) is 5.75 Å². The van der Waals surface area contributed by atoms with E-state index < -0.39 is 0 Å². The molecule has 2 rings (SSSR count). The quantitative estimate of drug-likeness (QED) is 0.789. The molecule has 112 valence electrons. The van der Waals surface area contributed by atoms with Crippen LogP contribution in [0.4, 0.5) is 0 Å². The van der Waals surface area contributed by atoms with Crippen molar-refractivity contribution in [3.63, 3.8) is 0 Å². The van der Waals surface area contributed by atoms with Crippen molar-refractivity contribution in [3.8, 4) is 16.9 Å². The lowest BCUT2D eigenvalue weighted by molar-refractivity contribution is 0.416. The average molecular weight is 283 g/mol. The van der Waals surface area contributed by atoms with E-state index in [9.17, 15) is 0 Å². The molecule has 0 atom stereocenters. The van der Waals surface area contributed by atoms with Gasteiger partial charge in [-0.25, -0.2) is 0 Å². The van der Waals surface area contributed by atoms with E-state index in [1.807, 2.05) is 0 Å². The molecule has 0 aliphatic heterocycles. The number of rotatable bonds is 6. The van der Waals surface area contributed by atoms with Gasteiger partial charge in [-0.2, -0.15) is 0 Å². The van der Waals surface area contributed by atoms with Crippen LogP contribution in [0.2, 0.25) is 0 Å². The summed E-state index contributed by atoms with van der Waals surface area (Å²) in [6, 6.07) is 13.0. The summed E-state index contributed by atoms with van der Waals surface area (Å²) < 4.78 is 5.58. The largest absolute Gasteiger partial charge is 0.496 e. The molecule has 2 nitrogen and oxygen atoms in total. The summed E-state index contributed by atoms with van der Waals surface area (Å²) in [5, 5.41) is 3.45. The van der Waals surface area contributed by atoms with Crippen LogP contribution in [0.1, 0.15) is 30.0 Å². The smallest absolute Gasteiger partial charge is 0.127 e. The van der Waals surface area contributed by atoms with Crippen LogP contribution in [-0.2, 0) is 6.54 Å². The van der Waals surface area contributed by atoms with Gasteiger partial charge in [0.05, 0.1) is 7.11 Å². The van der Waals surface area contributed by atoms with Crippen molar-refractivity contribution >= 4 is 0 Å². The molecule has 0 spiro atoms. The molecule has 0 unspecified atom stereocenters. The minimum Gasteiger partial charge on any atom is -0.496 e. The molecule has 0 heterocycles. The van der Waals surface area contributed by atoms with Crippen molar-refractivity contribution in [2.75, 3.05) is 13.7 Å². The first-order valence-corrected chi connectivity index (χ1v) is 7.61. The molecule has 0 saturated heterocycles. The summed E-state index contributed by atoms with van der Waals surface area (Å²) in [5.74, 6) is 0.950. The lowest BCUT2D eigenvalue weighted by Gasteiger charge is -2.14. The van der Waals surface area contributed by atoms with E-state index in [4.69, 9.17) is 4.74 Å². The van der Waals surface area contributed by atoms with Crippen molar-refractivity contribution in [1.29, 1.82) is 0 Å². The number of ether oxygens (including phenoxy) is 1. The number of hydrogen-bond acceptors (Lipinski definition) is 2. The molecule has 1 N–H and O–H groups in total. The van der Waals surface area contributed by atoms with Crippen molar-refractivity contribution in [1.82, 2.24) is 5.32 Å². The van der Waals surface area contributed by atoms with Gasteiger partial charge >= 0.3 is 0 Å². The van der Waals surface area contributed by atoms with E-state index >= 15 is 0 Å². The first kappa shape index (κ1) is 15.6. The Morgan fingerprint density at radius 2 is 1.90 bits per heavy atom. The van der Waals surface area contributed by atoms with E-state index in [1.54, 1.807) is 7.11 Å². The zero-order chi connectivity index (χ0) is 15.2. The summed E-state index contributed by atoms with van der Waals surface area (Å²) in [5.41, 5.74) is 6.21. The fraction of sp³-hybridized carbons (Fsp3) is 0.368. The van der Waals surface area contributed by atoms with Crippen LogP contribution in [-0.4, -0.2) is 13.7 Å². The van der Waals surface area contributed by atoms with E-state index in [2.05, 4.69) is 62.5 Å². The summed E-state index contributed by atoms with van der Waals surface area (Å²) >= 11 is 0. The molecule has 2 aromatic rings. The second-order valence-electron chi connectivity index (χ2n) is 5.54. The van der Waals surface area contributed by atoms with Gasteiger partial charge in [-0.3, -0.25) is 0 Å². The maximum Gasteiger partial charge on any atom is 0.127 e. The lowest BCUT2D eigenvalue weighted by atomic mass is 9.96. The van der Waals surface area contributed by atoms with Gasteiger partial charge < -0.3 is 10.1 Å². The summed E-state index contributed by atoms with van der Waals surface area (Å²) in [6.07, 6.45) is 1.16. The third-order valence-corrected chi connectivity index (χ3v) is 3.64. The Kier molecular flexibility index (Phi) is 5.40. The molecular formula is C19H25NO. The molecule has 0 aromatic heterocycles. The number of aryl methyl sites for hydroxylation is 2. The Hall–Kier alpha value is -1.80. The van der Waals surface area contributed by atoms with E-state index in [0.717, 1.165) is 25.3 Å². The van der Waals surface area contributed by atoms with Crippen LogP contribution in [0.15, 0.2) is 36.4 Å². The third kappa shape index (κ3) is 3.85. The molecule has 0 radical (unpaired) electrons. The summed E-state index contributed by atoms with van der Waals surface area (Å²) in [7, 11) is 1.74. The van der Waals surface area contributed by atoms with Crippen LogP contribution in [0, 0.1) is 13.8 Å². The molecule has 2 heteroatoms. The highest BCUT2D eigenvalue weighted by atomic mass is 16.5. The van der Waals surface area contributed by atoms with E-state index in [0.29, 0.717) is 0 Å². The summed E-state index contributed by atoms with van der Waals surface area (Å²) in [6.45, 7) is 8.40. The SMILES string of the molecule is CCCNCc1cccc(-c2c(C)cc(C)cc2OC)c1. The first-order valence-electron chi connectivity index (χ1n) is 7.61. The standard InChI is InChI=1S/C19H25NO/c1-5-9-20-13-16-7-6-8-17(12-16)19-15(3)10-14(2)11-18(19)21-4/h6-8,10-12,20H,5,9,13H2,1-4H3. The first-order chi connectivity index (χ1) is 10.2. The topological polar surface area (TPSA) is 21.3 Å². The highest BCUT2D eigenvalue weighted by Crippen LogP contribution is 2.34. The number of methoxy groups -OCH3 is 1. The van der Waals surface area contributed by atoms with Crippen molar-refractivity contribution < 1.29 is 4.74 Å². The van der Waals surface area contributed by atoms with Crippen LogP contribution >= 0.6 is 0 Å². The van der Waals surface area contributed by atoms with Gasteiger partial charge in [-0.15, -0.1) is 0 Å². The molecule has 0 bridgehead atoms. The van der Waals surface area contributed by atoms with E-state index in [1.165, 1.54) is 27.8 Å². The van der Waals surface area contributed by atoms with Crippen molar-refractivity contribution in [2.45, 2.75) is 33.7 Å². The van der Waals surface area contributed by atoms with Crippen LogP contribution < -0.4 is 10.1 Å². The summed E-state index contributed by atoms with van der Waals surface area (Å²) in [4.78, 5) is 0. The zero-order valence-corrected chi connectivity index (χ0v) is 13.5.